The molecule has 1 rings (SSSR count). The second kappa shape index (κ2) is 10.5. The average Bonchev–Trinajstić information content (AvgIpc) is 2.43. The highest BCUT2D eigenvalue weighted by Crippen LogP contribution is 2.14. The Morgan fingerprint density at radius 1 is 1.05 bits per heavy atom. The Morgan fingerprint density at radius 2 is 1.75 bits per heavy atom. The molecule has 1 aromatic rings. The van der Waals surface area contributed by atoms with Crippen LogP contribution in [0.3, 0.4) is 0 Å². The molecule has 20 heavy (non-hydrogen) atoms. The maximum absolute atomic E-state index is 12.0. The highest BCUT2D eigenvalue weighted by molar-refractivity contribution is 5.27. The molecule has 0 saturated heterocycles. The van der Waals surface area contributed by atoms with Crippen molar-refractivity contribution in [3.63, 3.8) is 0 Å². The van der Waals surface area contributed by atoms with Crippen molar-refractivity contribution in [3.05, 3.63) is 29.8 Å². The van der Waals surface area contributed by atoms with Gasteiger partial charge in [0.05, 0.1) is 6.61 Å². The van der Waals surface area contributed by atoms with E-state index in [-0.39, 0.29) is 5.75 Å². The Labute approximate surface area is 118 Å². The fourth-order valence-electron chi connectivity index (χ4n) is 1.66. The number of hydrogen-bond donors (Lipinski definition) is 2. The van der Waals surface area contributed by atoms with Crippen LogP contribution in [0.15, 0.2) is 24.3 Å². The first-order valence-corrected chi connectivity index (χ1v) is 6.66. The summed E-state index contributed by atoms with van der Waals surface area (Å²) < 4.78 is 33.2. The molecule has 0 radical (unpaired) electrons. The molecule has 0 aliphatic carbocycles. The van der Waals surface area contributed by atoms with Crippen LogP contribution in [0.1, 0.15) is 12.0 Å². The second-order valence-electron chi connectivity index (χ2n) is 4.30. The molecule has 0 unspecified atom stereocenters. The van der Waals surface area contributed by atoms with Gasteiger partial charge < -0.3 is 20.1 Å². The summed E-state index contributed by atoms with van der Waals surface area (Å²) in [6.45, 7) is 1.37. The van der Waals surface area contributed by atoms with Crippen LogP contribution in [0.4, 0.5) is 8.78 Å². The van der Waals surface area contributed by atoms with Gasteiger partial charge in [-0.1, -0.05) is 12.1 Å². The lowest BCUT2D eigenvalue weighted by atomic mass is 10.2. The van der Waals surface area contributed by atoms with Crippen LogP contribution in [0.25, 0.3) is 0 Å². The summed E-state index contributed by atoms with van der Waals surface area (Å²) in [5.41, 5.74) is 1.04. The zero-order valence-corrected chi connectivity index (χ0v) is 11.7. The number of alkyl halides is 2. The minimum absolute atomic E-state index is 0.186. The average molecular weight is 288 g/mol. The second-order valence-corrected chi connectivity index (χ2v) is 4.30. The number of hydrogen-bond acceptors (Lipinski definition) is 4. The van der Waals surface area contributed by atoms with E-state index in [0.29, 0.717) is 6.54 Å². The van der Waals surface area contributed by atoms with Crippen LogP contribution >= 0.6 is 0 Å². The quantitative estimate of drug-likeness (QED) is 0.611. The monoisotopic (exact) mass is 288 g/mol. The minimum atomic E-state index is -2.77. The molecule has 0 aliphatic rings. The fraction of sp³-hybridized carbons (Fsp3) is 0.571. The Morgan fingerprint density at radius 3 is 2.40 bits per heavy atom. The summed E-state index contributed by atoms with van der Waals surface area (Å²) >= 11 is 0. The van der Waals surface area contributed by atoms with Crippen molar-refractivity contribution < 1.29 is 18.3 Å². The van der Waals surface area contributed by atoms with E-state index in [2.05, 4.69) is 15.4 Å². The Kier molecular flexibility index (Phi) is 8.86. The summed E-state index contributed by atoms with van der Waals surface area (Å²) in [4.78, 5) is 0. The van der Waals surface area contributed by atoms with Gasteiger partial charge in [-0.3, -0.25) is 0 Å². The number of benzene rings is 1. The molecule has 0 aliphatic heterocycles. The summed E-state index contributed by atoms with van der Waals surface area (Å²) in [7, 11) is 1.68. The molecule has 0 heterocycles. The maximum atomic E-state index is 12.0. The van der Waals surface area contributed by atoms with E-state index in [0.717, 1.165) is 38.2 Å². The van der Waals surface area contributed by atoms with Gasteiger partial charge in [0.2, 0.25) is 0 Å². The van der Waals surface area contributed by atoms with E-state index in [1.165, 1.54) is 0 Å². The Balaban J connectivity index is 2.07. The number of ether oxygens (including phenoxy) is 2. The molecule has 0 spiro atoms. The van der Waals surface area contributed by atoms with E-state index in [1.807, 2.05) is 0 Å². The van der Waals surface area contributed by atoms with Gasteiger partial charge in [0.15, 0.2) is 0 Å². The highest BCUT2D eigenvalue weighted by Gasteiger charge is 2.03. The lowest BCUT2D eigenvalue weighted by Gasteiger charge is -2.08. The molecule has 0 bridgehead atoms. The molecule has 0 saturated carbocycles. The molecule has 114 valence electrons. The predicted molar refractivity (Wildman–Crippen MR) is 74.1 cm³/mol. The third kappa shape index (κ3) is 8.04. The van der Waals surface area contributed by atoms with E-state index in [1.54, 1.807) is 31.4 Å². The van der Waals surface area contributed by atoms with Gasteiger partial charge >= 0.3 is 6.61 Å². The number of rotatable bonds is 11. The van der Waals surface area contributed by atoms with Crippen molar-refractivity contribution in [1.29, 1.82) is 0 Å². The largest absolute Gasteiger partial charge is 0.435 e. The third-order valence-electron chi connectivity index (χ3n) is 2.67. The van der Waals surface area contributed by atoms with Crippen molar-refractivity contribution in [3.8, 4) is 5.75 Å². The van der Waals surface area contributed by atoms with Crippen LogP contribution in [0.5, 0.6) is 5.75 Å². The molecule has 2 N–H and O–H groups in total. The zero-order valence-electron chi connectivity index (χ0n) is 11.7. The van der Waals surface area contributed by atoms with Crippen molar-refractivity contribution in [2.45, 2.75) is 19.6 Å². The third-order valence-corrected chi connectivity index (χ3v) is 2.67. The normalized spacial score (nSPS) is 11.0. The number of methoxy groups -OCH3 is 1. The predicted octanol–water partition coefficient (Wildman–Crippen LogP) is 2.00. The van der Waals surface area contributed by atoms with E-state index in [9.17, 15) is 8.78 Å². The lowest BCUT2D eigenvalue weighted by Crippen LogP contribution is -2.24. The van der Waals surface area contributed by atoms with Crippen LogP contribution in [-0.2, 0) is 11.3 Å². The standard InChI is InChI=1S/C14H22F2N2O2/c1-19-10-9-17-7-2-8-18-11-12-3-5-13(6-4-12)20-14(15)16/h3-6,14,17-18H,2,7-11H2,1H3. The number of nitrogens with one attached hydrogen (secondary N) is 2. The van der Waals surface area contributed by atoms with Crippen LogP contribution in [-0.4, -0.2) is 40.0 Å². The summed E-state index contributed by atoms with van der Waals surface area (Å²) in [5.74, 6) is 0.186. The molecule has 0 atom stereocenters. The first-order valence-electron chi connectivity index (χ1n) is 6.66. The van der Waals surface area contributed by atoms with Gasteiger partial charge in [0.1, 0.15) is 5.75 Å². The van der Waals surface area contributed by atoms with E-state index >= 15 is 0 Å². The first-order chi connectivity index (χ1) is 9.72. The van der Waals surface area contributed by atoms with Crippen LogP contribution < -0.4 is 15.4 Å². The van der Waals surface area contributed by atoms with Crippen LogP contribution in [0, 0.1) is 0 Å². The van der Waals surface area contributed by atoms with Gasteiger partial charge in [0.25, 0.3) is 0 Å². The molecular weight excluding hydrogens is 266 g/mol. The van der Waals surface area contributed by atoms with Gasteiger partial charge in [-0.2, -0.15) is 8.78 Å². The van der Waals surface area contributed by atoms with Gasteiger partial charge in [0, 0.05) is 20.2 Å². The summed E-state index contributed by atoms with van der Waals surface area (Å²) in [5, 5.41) is 6.55. The summed E-state index contributed by atoms with van der Waals surface area (Å²) in [6, 6.07) is 6.66. The maximum Gasteiger partial charge on any atom is 0.387 e. The van der Waals surface area contributed by atoms with Gasteiger partial charge in [-0.25, -0.2) is 0 Å². The molecule has 4 nitrogen and oxygen atoms in total. The number of halogens is 2. The zero-order chi connectivity index (χ0) is 14.6. The Bertz CT molecular complexity index is 348. The molecule has 6 heteroatoms. The van der Waals surface area contributed by atoms with Crippen molar-refractivity contribution in [2.24, 2.45) is 0 Å². The Hall–Kier alpha value is -1.24. The highest BCUT2D eigenvalue weighted by atomic mass is 19.3. The topological polar surface area (TPSA) is 42.5 Å². The summed E-state index contributed by atoms with van der Waals surface area (Å²) in [6.07, 6.45) is 1.02. The lowest BCUT2D eigenvalue weighted by molar-refractivity contribution is -0.0498. The fourth-order valence-corrected chi connectivity index (χ4v) is 1.66. The van der Waals surface area contributed by atoms with E-state index < -0.39 is 6.61 Å². The van der Waals surface area contributed by atoms with E-state index in [4.69, 9.17) is 4.74 Å². The van der Waals surface area contributed by atoms with Crippen molar-refractivity contribution in [1.82, 2.24) is 10.6 Å². The van der Waals surface area contributed by atoms with Crippen LogP contribution in [0.2, 0.25) is 0 Å². The SMILES string of the molecule is COCCNCCCNCc1ccc(OC(F)F)cc1. The molecule has 0 aromatic heterocycles. The molecule has 1 aromatic carbocycles. The van der Waals surface area contributed by atoms with Gasteiger partial charge in [-0.15, -0.1) is 0 Å². The molecular formula is C14H22F2N2O2. The van der Waals surface area contributed by atoms with Crippen molar-refractivity contribution >= 4 is 0 Å². The van der Waals surface area contributed by atoms with Crippen molar-refractivity contribution in [2.75, 3.05) is 33.4 Å². The molecule has 0 amide bonds. The smallest absolute Gasteiger partial charge is 0.387 e. The molecule has 0 fully saturated rings. The first kappa shape index (κ1) is 16.8. The van der Waals surface area contributed by atoms with Gasteiger partial charge in [-0.05, 0) is 37.2 Å². The minimum Gasteiger partial charge on any atom is -0.435 e.